The Kier molecular flexibility index (Phi) is 3.39. The summed E-state index contributed by atoms with van der Waals surface area (Å²) < 4.78 is 0. The molecule has 3 heteroatoms. The first-order chi connectivity index (χ1) is 4.18. The van der Waals surface area contributed by atoms with Gasteiger partial charge in [-0.05, 0) is 13.3 Å². The van der Waals surface area contributed by atoms with E-state index in [1.807, 2.05) is 6.92 Å². The summed E-state index contributed by atoms with van der Waals surface area (Å²) in [6.07, 6.45) is 1.95. The molecule has 3 nitrogen and oxygen atoms in total. The summed E-state index contributed by atoms with van der Waals surface area (Å²) in [6, 6.07) is 0. The van der Waals surface area contributed by atoms with Crippen LogP contribution in [0, 0.1) is 5.53 Å². The minimum atomic E-state index is -0.297. The Labute approximate surface area is 56.1 Å². The molecule has 0 aliphatic heterocycles. The monoisotopic (exact) mass is 129 g/mol. The van der Waals surface area contributed by atoms with Crippen LogP contribution in [0.1, 0.15) is 26.7 Å². The molecule has 0 amide bonds. The highest BCUT2D eigenvalue weighted by atomic mass is 15.0. The summed E-state index contributed by atoms with van der Waals surface area (Å²) in [5.41, 5.74) is 11.9. The van der Waals surface area contributed by atoms with Gasteiger partial charge in [-0.1, -0.05) is 13.3 Å². The molecule has 9 heavy (non-hydrogen) atoms. The van der Waals surface area contributed by atoms with E-state index in [9.17, 15) is 0 Å². The molecule has 0 heterocycles. The molecule has 0 bridgehead atoms. The normalized spacial score (nSPS) is 16.8. The number of nitrogens with one attached hydrogen (secondary N) is 1. The van der Waals surface area contributed by atoms with Gasteiger partial charge in [0, 0.05) is 6.54 Å². The van der Waals surface area contributed by atoms with Gasteiger partial charge in [0.1, 0.15) is 0 Å². The van der Waals surface area contributed by atoms with Crippen molar-refractivity contribution in [2.45, 2.75) is 32.2 Å². The van der Waals surface area contributed by atoms with Crippen LogP contribution in [0.3, 0.4) is 0 Å². The molecule has 0 aromatic carbocycles. The maximum Gasteiger partial charge on any atom is 0.0906 e. The standard InChI is InChI=1S/C6H15N3/c1-3-4-6(2,5-7)9-8/h8H,3-5,7H2,1-2H3. The molecule has 0 radical (unpaired) electrons. The van der Waals surface area contributed by atoms with Crippen LogP contribution in [-0.2, 0) is 0 Å². The van der Waals surface area contributed by atoms with E-state index in [0.717, 1.165) is 12.8 Å². The van der Waals surface area contributed by atoms with E-state index in [-0.39, 0.29) is 5.54 Å². The quantitative estimate of drug-likeness (QED) is 0.555. The molecule has 1 atom stereocenters. The summed E-state index contributed by atoms with van der Waals surface area (Å²) in [5, 5.41) is 3.45. The molecule has 3 N–H and O–H groups in total. The summed E-state index contributed by atoms with van der Waals surface area (Å²) in [7, 11) is 0. The van der Waals surface area contributed by atoms with E-state index in [1.54, 1.807) is 0 Å². The van der Waals surface area contributed by atoms with Crippen molar-refractivity contribution < 1.29 is 0 Å². The lowest BCUT2D eigenvalue weighted by Crippen LogP contribution is -2.31. The molecule has 0 aliphatic rings. The minimum absolute atomic E-state index is 0.297. The van der Waals surface area contributed by atoms with Crippen LogP contribution >= 0.6 is 0 Å². The second kappa shape index (κ2) is 3.56. The molecule has 54 valence electrons. The van der Waals surface area contributed by atoms with Crippen molar-refractivity contribution in [1.82, 2.24) is 0 Å². The fourth-order valence-corrected chi connectivity index (χ4v) is 0.742. The fourth-order valence-electron chi connectivity index (χ4n) is 0.742. The van der Waals surface area contributed by atoms with Gasteiger partial charge in [-0.15, -0.1) is 0 Å². The third-order valence-electron chi connectivity index (χ3n) is 1.50. The molecule has 0 aliphatic carbocycles. The van der Waals surface area contributed by atoms with E-state index >= 15 is 0 Å². The van der Waals surface area contributed by atoms with Crippen molar-refractivity contribution in [3.63, 3.8) is 0 Å². The summed E-state index contributed by atoms with van der Waals surface area (Å²) >= 11 is 0. The van der Waals surface area contributed by atoms with Gasteiger partial charge in [0.15, 0.2) is 0 Å². The molecule has 0 aromatic heterocycles. The average Bonchev–Trinajstić information content (AvgIpc) is 1.89. The molecule has 0 fully saturated rings. The third-order valence-corrected chi connectivity index (χ3v) is 1.50. The molecule has 0 saturated carbocycles. The molecule has 0 rings (SSSR count). The van der Waals surface area contributed by atoms with Gasteiger partial charge in [0.2, 0.25) is 0 Å². The van der Waals surface area contributed by atoms with E-state index in [1.165, 1.54) is 0 Å². The van der Waals surface area contributed by atoms with Crippen LogP contribution < -0.4 is 5.73 Å². The predicted molar refractivity (Wildman–Crippen MR) is 37.5 cm³/mol. The number of nitrogens with zero attached hydrogens (tertiary/aromatic N) is 1. The number of nitrogens with two attached hydrogens (primary N) is 1. The maximum atomic E-state index is 6.80. The minimum Gasteiger partial charge on any atom is -0.328 e. The number of hydrogen-bond acceptors (Lipinski definition) is 3. The SMILES string of the molecule is CCCC(C)(CN)N=N. The van der Waals surface area contributed by atoms with Gasteiger partial charge < -0.3 is 5.73 Å². The highest BCUT2D eigenvalue weighted by Crippen LogP contribution is 2.14. The van der Waals surface area contributed by atoms with Gasteiger partial charge in [-0.2, -0.15) is 5.11 Å². The molecular formula is C6H15N3. The number of rotatable bonds is 4. The zero-order chi connectivity index (χ0) is 7.33. The Morgan fingerprint density at radius 1 is 1.67 bits per heavy atom. The largest absolute Gasteiger partial charge is 0.328 e. The lowest BCUT2D eigenvalue weighted by Gasteiger charge is -2.19. The highest BCUT2D eigenvalue weighted by Gasteiger charge is 2.18. The van der Waals surface area contributed by atoms with Crippen LogP contribution in [0.5, 0.6) is 0 Å². The molecular weight excluding hydrogens is 114 g/mol. The Morgan fingerprint density at radius 3 is 2.33 bits per heavy atom. The third kappa shape index (κ3) is 2.56. The number of hydrogen-bond donors (Lipinski definition) is 2. The van der Waals surface area contributed by atoms with Gasteiger partial charge >= 0.3 is 0 Å². The first-order valence-corrected chi connectivity index (χ1v) is 3.27. The van der Waals surface area contributed by atoms with Gasteiger partial charge in [-0.25, -0.2) is 5.53 Å². The summed E-state index contributed by atoms with van der Waals surface area (Å²) in [5.74, 6) is 0. The Hall–Kier alpha value is -0.440. The Balaban J connectivity index is 3.76. The zero-order valence-electron chi connectivity index (χ0n) is 6.15. The smallest absolute Gasteiger partial charge is 0.0906 e. The van der Waals surface area contributed by atoms with Crippen molar-refractivity contribution in [2.24, 2.45) is 10.8 Å². The summed E-state index contributed by atoms with van der Waals surface area (Å²) in [4.78, 5) is 0. The zero-order valence-corrected chi connectivity index (χ0v) is 6.15. The van der Waals surface area contributed by atoms with Crippen molar-refractivity contribution in [3.8, 4) is 0 Å². The van der Waals surface area contributed by atoms with Crippen LogP contribution in [0.25, 0.3) is 0 Å². The van der Waals surface area contributed by atoms with Crippen LogP contribution in [0.15, 0.2) is 5.11 Å². The van der Waals surface area contributed by atoms with E-state index in [4.69, 9.17) is 11.3 Å². The second-order valence-corrected chi connectivity index (χ2v) is 2.56. The van der Waals surface area contributed by atoms with Crippen molar-refractivity contribution in [1.29, 1.82) is 5.53 Å². The highest BCUT2D eigenvalue weighted by molar-refractivity contribution is 4.80. The second-order valence-electron chi connectivity index (χ2n) is 2.56. The lowest BCUT2D eigenvalue weighted by atomic mass is 9.98. The van der Waals surface area contributed by atoms with Crippen LogP contribution in [0.2, 0.25) is 0 Å². The average molecular weight is 129 g/mol. The first kappa shape index (κ1) is 8.56. The molecule has 1 unspecified atom stereocenters. The van der Waals surface area contributed by atoms with Gasteiger partial charge in [-0.3, -0.25) is 0 Å². The van der Waals surface area contributed by atoms with E-state index < -0.39 is 0 Å². The first-order valence-electron chi connectivity index (χ1n) is 3.27. The topological polar surface area (TPSA) is 62.2 Å². The van der Waals surface area contributed by atoms with E-state index in [0.29, 0.717) is 6.54 Å². The molecule has 0 saturated heterocycles. The lowest BCUT2D eigenvalue weighted by molar-refractivity contribution is 0.412. The van der Waals surface area contributed by atoms with Gasteiger partial charge in [0.05, 0.1) is 5.54 Å². The van der Waals surface area contributed by atoms with Crippen LogP contribution in [-0.4, -0.2) is 12.1 Å². The predicted octanol–water partition coefficient (Wildman–Crippen LogP) is 1.53. The Bertz CT molecular complexity index is 92.3. The van der Waals surface area contributed by atoms with E-state index in [2.05, 4.69) is 12.0 Å². The van der Waals surface area contributed by atoms with Crippen molar-refractivity contribution in [2.75, 3.05) is 6.54 Å². The molecule has 0 spiro atoms. The summed E-state index contributed by atoms with van der Waals surface area (Å²) in [6.45, 7) is 4.45. The van der Waals surface area contributed by atoms with Crippen molar-refractivity contribution in [3.05, 3.63) is 0 Å². The molecule has 0 aromatic rings. The fraction of sp³-hybridized carbons (Fsp3) is 1.00. The Morgan fingerprint density at radius 2 is 2.22 bits per heavy atom. The van der Waals surface area contributed by atoms with Crippen LogP contribution in [0.4, 0.5) is 0 Å². The van der Waals surface area contributed by atoms with Gasteiger partial charge in [0.25, 0.3) is 0 Å². The maximum absolute atomic E-state index is 6.80. The van der Waals surface area contributed by atoms with Crippen molar-refractivity contribution >= 4 is 0 Å².